The molecule has 2 rings (SSSR count). The van der Waals surface area contributed by atoms with Gasteiger partial charge in [-0.1, -0.05) is 18.2 Å². The number of anilines is 1. The summed E-state index contributed by atoms with van der Waals surface area (Å²) in [4.78, 5) is 0.0911. The normalized spacial score (nSPS) is 13.2. The van der Waals surface area contributed by atoms with Crippen molar-refractivity contribution in [2.24, 2.45) is 0 Å². The molecule has 1 unspecified atom stereocenters. The van der Waals surface area contributed by atoms with E-state index in [1.807, 2.05) is 0 Å². The molecule has 0 aromatic heterocycles. The second kappa shape index (κ2) is 5.98. The number of hydroxylamine groups is 1. The molecular weight excluding hydrogens is 316 g/mol. The van der Waals surface area contributed by atoms with Gasteiger partial charge in [-0.3, -0.25) is 4.72 Å². The van der Waals surface area contributed by atoms with Gasteiger partial charge in [0.15, 0.2) is 0 Å². The van der Waals surface area contributed by atoms with Crippen LogP contribution in [0.2, 0.25) is 0 Å². The maximum Gasteiger partial charge on any atom is 0.229 e. The van der Waals surface area contributed by atoms with Gasteiger partial charge in [-0.15, -0.1) is 0 Å². The quantitative estimate of drug-likeness (QED) is 0.709. The van der Waals surface area contributed by atoms with Gasteiger partial charge < -0.3 is 5.11 Å². The fourth-order valence-corrected chi connectivity index (χ4v) is 3.13. The summed E-state index contributed by atoms with van der Waals surface area (Å²) in [6, 6.07) is 7.73. The molecule has 0 aliphatic carbocycles. The molecule has 0 radical (unpaired) electrons. The standard InChI is InChI=1S/C12H14N2O5S2/c1-13-19-20(16)11-7-6-8-9(12(11)15)4-3-5-10(8)14-21(2,17)18/h3-7,13-15H,1-2H3. The van der Waals surface area contributed by atoms with E-state index in [-0.39, 0.29) is 10.6 Å². The van der Waals surface area contributed by atoms with Crippen LogP contribution in [0.5, 0.6) is 5.75 Å². The average molecular weight is 330 g/mol. The number of hydrogen-bond donors (Lipinski definition) is 3. The van der Waals surface area contributed by atoms with Crippen LogP contribution in [0.3, 0.4) is 0 Å². The molecule has 0 saturated carbocycles. The molecule has 21 heavy (non-hydrogen) atoms. The van der Waals surface area contributed by atoms with Crippen molar-refractivity contribution in [3.8, 4) is 5.75 Å². The van der Waals surface area contributed by atoms with Crippen molar-refractivity contribution in [3.63, 3.8) is 0 Å². The Hall–Kier alpha value is -1.68. The molecule has 3 N–H and O–H groups in total. The molecule has 0 heterocycles. The van der Waals surface area contributed by atoms with E-state index in [2.05, 4.69) is 10.2 Å². The van der Waals surface area contributed by atoms with Crippen LogP contribution in [-0.2, 0) is 25.4 Å². The molecule has 9 heteroatoms. The third-order valence-corrected chi connectivity index (χ3v) is 4.23. The minimum Gasteiger partial charge on any atom is -0.506 e. The van der Waals surface area contributed by atoms with Crippen molar-refractivity contribution in [2.75, 3.05) is 18.0 Å². The molecule has 0 bridgehead atoms. The molecular formula is C12H14N2O5S2. The molecule has 0 spiro atoms. The number of hydrogen-bond acceptors (Lipinski definition) is 6. The summed E-state index contributed by atoms with van der Waals surface area (Å²) in [6.07, 6.45) is 1.04. The average Bonchev–Trinajstić information content (AvgIpc) is 2.38. The van der Waals surface area contributed by atoms with Gasteiger partial charge in [-0.25, -0.2) is 12.6 Å². The summed E-state index contributed by atoms with van der Waals surface area (Å²) in [7, 11) is -1.99. The third kappa shape index (κ3) is 3.50. The van der Waals surface area contributed by atoms with Gasteiger partial charge >= 0.3 is 0 Å². The number of aromatic hydroxyl groups is 1. The predicted octanol–water partition coefficient (Wildman–Crippen LogP) is 1.09. The maximum atomic E-state index is 11.8. The van der Waals surface area contributed by atoms with Crippen molar-refractivity contribution in [1.29, 1.82) is 0 Å². The Kier molecular flexibility index (Phi) is 4.47. The molecule has 1 atom stereocenters. The Morgan fingerprint density at radius 3 is 2.52 bits per heavy atom. The fourth-order valence-electron chi connectivity index (χ4n) is 1.87. The second-order valence-electron chi connectivity index (χ2n) is 4.21. The maximum absolute atomic E-state index is 11.8. The highest BCUT2D eigenvalue weighted by Crippen LogP contribution is 2.35. The summed E-state index contributed by atoms with van der Waals surface area (Å²) in [6.45, 7) is 0. The van der Waals surface area contributed by atoms with Crippen LogP contribution in [0, 0.1) is 0 Å². The number of sulfonamides is 1. The second-order valence-corrected chi connectivity index (χ2v) is 7.03. The number of phenols is 1. The van der Waals surface area contributed by atoms with E-state index < -0.39 is 21.1 Å². The zero-order valence-electron chi connectivity index (χ0n) is 11.3. The molecule has 0 aliphatic heterocycles. The van der Waals surface area contributed by atoms with Crippen LogP contribution >= 0.6 is 0 Å². The van der Waals surface area contributed by atoms with Crippen molar-refractivity contribution in [1.82, 2.24) is 5.48 Å². The number of rotatable bonds is 5. The van der Waals surface area contributed by atoms with Crippen LogP contribution in [0.4, 0.5) is 5.69 Å². The number of phenolic OH excluding ortho intramolecular Hbond substituents is 1. The summed E-state index contributed by atoms with van der Waals surface area (Å²) in [5.41, 5.74) is 2.61. The first-order chi connectivity index (χ1) is 9.83. The van der Waals surface area contributed by atoms with Crippen molar-refractivity contribution in [3.05, 3.63) is 30.3 Å². The first-order valence-electron chi connectivity index (χ1n) is 5.82. The lowest BCUT2D eigenvalue weighted by atomic mass is 10.1. The highest BCUT2D eigenvalue weighted by atomic mass is 32.2. The zero-order chi connectivity index (χ0) is 15.6. The van der Waals surface area contributed by atoms with E-state index in [0.717, 1.165) is 6.26 Å². The zero-order valence-corrected chi connectivity index (χ0v) is 12.9. The third-order valence-electron chi connectivity index (χ3n) is 2.63. The van der Waals surface area contributed by atoms with Crippen LogP contribution in [0.25, 0.3) is 10.8 Å². The van der Waals surface area contributed by atoms with Crippen molar-refractivity contribution < 1.29 is 22.0 Å². The van der Waals surface area contributed by atoms with E-state index in [9.17, 15) is 17.7 Å². The summed E-state index contributed by atoms with van der Waals surface area (Å²) in [5.74, 6) is -0.224. The van der Waals surface area contributed by atoms with Gasteiger partial charge in [0.25, 0.3) is 0 Å². The monoisotopic (exact) mass is 330 g/mol. The van der Waals surface area contributed by atoms with Gasteiger partial charge in [-0.05, 0) is 12.1 Å². The lowest BCUT2D eigenvalue weighted by Gasteiger charge is -2.11. The Morgan fingerprint density at radius 2 is 1.90 bits per heavy atom. The molecule has 0 fully saturated rings. The molecule has 0 aliphatic rings. The predicted molar refractivity (Wildman–Crippen MR) is 80.6 cm³/mol. The van der Waals surface area contributed by atoms with Gasteiger partial charge in [0, 0.05) is 17.8 Å². The first-order valence-corrected chi connectivity index (χ1v) is 8.78. The van der Waals surface area contributed by atoms with E-state index in [1.54, 1.807) is 24.3 Å². The summed E-state index contributed by atoms with van der Waals surface area (Å²) in [5, 5.41) is 11.1. The highest BCUT2D eigenvalue weighted by Gasteiger charge is 2.15. The van der Waals surface area contributed by atoms with Crippen molar-refractivity contribution >= 4 is 37.6 Å². The topological polar surface area (TPSA) is 105 Å². The lowest BCUT2D eigenvalue weighted by Crippen LogP contribution is -2.11. The molecule has 2 aromatic rings. The first kappa shape index (κ1) is 15.7. The Bertz CT molecular complexity index is 805. The van der Waals surface area contributed by atoms with Gasteiger partial charge in [0.1, 0.15) is 10.6 Å². The van der Waals surface area contributed by atoms with E-state index in [1.165, 1.54) is 13.1 Å². The smallest absolute Gasteiger partial charge is 0.229 e. The Labute approximate surface area is 124 Å². The number of benzene rings is 2. The SMILES string of the molecule is CNOS(=O)c1ccc2c(NS(C)(=O)=O)cccc2c1O. The van der Waals surface area contributed by atoms with Gasteiger partial charge in [0.2, 0.25) is 21.1 Å². The Balaban J connectivity index is 2.60. The molecule has 7 nitrogen and oxygen atoms in total. The van der Waals surface area contributed by atoms with Crippen LogP contribution in [0.1, 0.15) is 0 Å². The molecule has 0 saturated heterocycles. The number of fused-ring (bicyclic) bond motifs is 1. The van der Waals surface area contributed by atoms with Crippen molar-refractivity contribution in [2.45, 2.75) is 4.90 Å². The minimum absolute atomic E-state index is 0.0911. The Morgan fingerprint density at radius 1 is 1.19 bits per heavy atom. The van der Waals surface area contributed by atoms with Gasteiger partial charge in [0.05, 0.1) is 11.9 Å². The summed E-state index contributed by atoms with van der Waals surface area (Å²) < 4.78 is 41.5. The van der Waals surface area contributed by atoms with Gasteiger partial charge in [-0.2, -0.15) is 9.76 Å². The summed E-state index contributed by atoms with van der Waals surface area (Å²) >= 11 is -1.88. The van der Waals surface area contributed by atoms with Crippen LogP contribution < -0.4 is 10.2 Å². The molecule has 0 amide bonds. The van der Waals surface area contributed by atoms with Crippen LogP contribution in [0.15, 0.2) is 35.2 Å². The highest BCUT2D eigenvalue weighted by molar-refractivity contribution is 7.92. The minimum atomic E-state index is -3.44. The van der Waals surface area contributed by atoms with E-state index in [0.29, 0.717) is 16.5 Å². The fraction of sp³-hybridized carbons (Fsp3) is 0.167. The lowest BCUT2D eigenvalue weighted by molar-refractivity contribution is 0.251. The van der Waals surface area contributed by atoms with Crippen LogP contribution in [-0.4, -0.2) is 31.0 Å². The largest absolute Gasteiger partial charge is 0.506 e. The number of nitrogens with one attached hydrogen (secondary N) is 2. The molecule has 2 aromatic carbocycles. The molecule has 114 valence electrons. The van der Waals surface area contributed by atoms with E-state index >= 15 is 0 Å². The van der Waals surface area contributed by atoms with E-state index in [4.69, 9.17) is 4.28 Å².